The van der Waals surface area contributed by atoms with Crippen LogP contribution in [0.25, 0.3) is 0 Å². The summed E-state index contributed by atoms with van der Waals surface area (Å²) in [7, 11) is 0. The Bertz CT molecular complexity index is 579. The van der Waals surface area contributed by atoms with Crippen molar-refractivity contribution in [3.63, 3.8) is 0 Å². The quantitative estimate of drug-likeness (QED) is 0.231. The molecular formula is C23H38N2O2S. The van der Waals surface area contributed by atoms with Gasteiger partial charge in [-0.2, -0.15) is 0 Å². The second-order valence-electron chi connectivity index (χ2n) is 7.53. The van der Waals surface area contributed by atoms with E-state index in [4.69, 9.17) is 21.7 Å². The lowest BCUT2D eigenvalue weighted by atomic mass is 10.1. The summed E-state index contributed by atoms with van der Waals surface area (Å²) in [6.07, 6.45) is 10.7. The lowest BCUT2D eigenvalue weighted by molar-refractivity contribution is 0.0375. The maximum atomic E-state index is 5.59. The normalized spacial score (nSPS) is 15.7. The first-order valence-electron chi connectivity index (χ1n) is 10.4. The molecule has 0 bridgehead atoms. The fraction of sp³-hybridized carbons (Fsp3) is 0.652. The van der Waals surface area contributed by atoms with Crippen LogP contribution in [0.15, 0.2) is 40.7 Å². The minimum Gasteiger partial charge on any atom is -0.467 e. The predicted molar refractivity (Wildman–Crippen MR) is 123 cm³/mol. The number of thiocarbonyl (C=S) groups is 1. The third kappa shape index (κ3) is 13.7. The Kier molecular flexibility index (Phi) is 13.7. The van der Waals surface area contributed by atoms with Gasteiger partial charge in [0.05, 0.1) is 13.2 Å². The topological polar surface area (TPSA) is 33.7 Å². The van der Waals surface area contributed by atoms with Crippen LogP contribution in [0.3, 0.4) is 0 Å². The van der Waals surface area contributed by atoms with Crippen molar-refractivity contribution in [2.45, 2.75) is 53.4 Å². The number of morpholine rings is 1. The van der Waals surface area contributed by atoms with Crippen molar-refractivity contribution in [3.05, 3.63) is 40.7 Å². The molecule has 0 unspecified atom stereocenters. The summed E-state index contributed by atoms with van der Waals surface area (Å²) in [5, 5.41) is 3.68. The molecule has 0 aromatic rings. The molecule has 0 amide bonds. The lowest BCUT2D eigenvalue weighted by Crippen LogP contribution is -2.38. The molecule has 0 atom stereocenters. The highest BCUT2D eigenvalue weighted by atomic mass is 32.1. The Morgan fingerprint density at radius 2 is 1.89 bits per heavy atom. The molecule has 1 aliphatic rings. The van der Waals surface area contributed by atoms with E-state index in [1.165, 1.54) is 16.7 Å². The number of allylic oxidation sites excluding steroid dienone is 4. The second kappa shape index (κ2) is 15.5. The van der Waals surface area contributed by atoms with E-state index in [1.54, 1.807) is 0 Å². The summed E-state index contributed by atoms with van der Waals surface area (Å²) < 4.78 is 10.9. The van der Waals surface area contributed by atoms with Crippen LogP contribution in [-0.2, 0) is 9.47 Å². The van der Waals surface area contributed by atoms with E-state index in [2.05, 4.69) is 61.9 Å². The third-order valence-electron chi connectivity index (χ3n) is 4.52. The number of nitrogens with zero attached hydrogens (tertiary/aromatic N) is 1. The van der Waals surface area contributed by atoms with Crippen LogP contribution in [0.4, 0.5) is 0 Å². The second-order valence-corrected chi connectivity index (χ2v) is 7.90. The minimum atomic E-state index is 0.493. The molecule has 28 heavy (non-hydrogen) atoms. The summed E-state index contributed by atoms with van der Waals surface area (Å²) in [4.78, 5) is 2.43. The fourth-order valence-electron chi connectivity index (χ4n) is 2.78. The summed E-state index contributed by atoms with van der Waals surface area (Å²) in [5.41, 5.74) is 7.19. The zero-order valence-electron chi connectivity index (χ0n) is 18.2. The molecule has 0 aliphatic carbocycles. The molecule has 4 nitrogen and oxygen atoms in total. The SMILES string of the molecule is CC(C)=C=CCC(C)=CCCC(C)=CCOC(=S)NCCCN1CCOCC1. The first kappa shape index (κ1) is 24.6. The van der Waals surface area contributed by atoms with Gasteiger partial charge in [-0.1, -0.05) is 17.2 Å². The summed E-state index contributed by atoms with van der Waals surface area (Å²) in [6.45, 7) is 14.7. The van der Waals surface area contributed by atoms with Gasteiger partial charge in [0.2, 0.25) is 0 Å². The van der Waals surface area contributed by atoms with Gasteiger partial charge in [-0.3, -0.25) is 4.90 Å². The molecule has 0 radical (unpaired) electrons. The van der Waals surface area contributed by atoms with Gasteiger partial charge in [-0.25, -0.2) is 0 Å². The van der Waals surface area contributed by atoms with Crippen LogP contribution >= 0.6 is 12.2 Å². The zero-order valence-corrected chi connectivity index (χ0v) is 19.0. The molecule has 1 fully saturated rings. The molecule has 1 N–H and O–H groups in total. The molecule has 1 heterocycles. The smallest absolute Gasteiger partial charge is 0.256 e. The highest BCUT2D eigenvalue weighted by molar-refractivity contribution is 7.80. The van der Waals surface area contributed by atoms with Crippen LogP contribution in [-0.4, -0.2) is 56.1 Å². The molecule has 0 aromatic carbocycles. The van der Waals surface area contributed by atoms with Crippen molar-refractivity contribution in [2.24, 2.45) is 0 Å². The Hall–Kier alpha value is -1.39. The molecule has 0 spiro atoms. The van der Waals surface area contributed by atoms with E-state index in [1.807, 2.05) is 0 Å². The van der Waals surface area contributed by atoms with Crippen molar-refractivity contribution >= 4 is 17.4 Å². The standard InChI is InChI=1S/C23H38N2O2S/c1-20(2)8-5-9-21(3)10-6-11-22(4)12-17-27-23(28)24-13-7-14-25-15-18-26-19-16-25/h5,10,12H,6-7,9,11,13-19H2,1-4H3,(H,24,28). The van der Waals surface area contributed by atoms with E-state index in [-0.39, 0.29) is 0 Å². The van der Waals surface area contributed by atoms with Gasteiger partial charge in [0.25, 0.3) is 5.17 Å². The number of nitrogens with one attached hydrogen (secondary N) is 1. The first-order chi connectivity index (χ1) is 13.5. The maximum absolute atomic E-state index is 5.59. The lowest BCUT2D eigenvalue weighted by Gasteiger charge is -2.26. The van der Waals surface area contributed by atoms with E-state index in [0.717, 1.165) is 65.1 Å². The molecular weight excluding hydrogens is 368 g/mol. The van der Waals surface area contributed by atoms with Crippen LogP contribution in [0.1, 0.15) is 53.4 Å². The molecule has 1 aliphatic heterocycles. The third-order valence-corrected chi connectivity index (χ3v) is 4.78. The Morgan fingerprint density at radius 3 is 2.61 bits per heavy atom. The van der Waals surface area contributed by atoms with Crippen LogP contribution in [0, 0.1) is 0 Å². The van der Waals surface area contributed by atoms with E-state index < -0.39 is 0 Å². The molecule has 5 heteroatoms. The van der Waals surface area contributed by atoms with E-state index >= 15 is 0 Å². The van der Waals surface area contributed by atoms with E-state index in [9.17, 15) is 0 Å². The summed E-state index contributed by atoms with van der Waals surface area (Å²) >= 11 is 5.24. The fourth-order valence-corrected chi connectivity index (χ4v) is 2.95. The number of hydrogen-bond donors (Lipinski definition) is 1. The van der Waals surface area contributed by atoms with Gasteiger partial charge in [0.15, 0.2) is 0 Å². The van der Waals surface area contributed by atoms with Gasteiger partial charge in [0.1, 0.15) is 6.61 Å². The van der Waals surface area contributed by atoms with Gasteiger partial charge in [-0.15, -0.1) is 5.73 Å². The predicted octanol–water partition coefficient (Wildman–Crippen LogP) is 4.78. The average molecular weight is 407 g/mol. The average Bonchev–Trinajstić information content (AvgIpc) is 2.66. The van der Waals surface area contributed by atoms with Gasteiger partial charge < -0.3 is 14.8 Å². The molecule has 0 aromatic heterocycles. The Balaban J connectivity index is 2.09. The Labute approximate surface area is 177 Å². The van der Waals surface area contributed by atoms with Crippen LogP contribution in [0.2, 0.25) is 0 Å². The number of rotatable bonds is 11. The van der Waals surface area contributed by atoms with Crippen LogP contribution in [0.5, 0.6) is 0 Å². The van der Waals surface area contributed by atoms with Crippen LogP contribution < -0.4 is 5.32 Å². The summed E-state index contributed by atoms with van der Waals surface area (Å²) in [5.74, 6) is 0. The number of hydrogen-bond acceptors (Lipinski definition) is 4. The highest BCUT2D eigenvalue weighted by Crippen LogP contribution is 2.09. The monoisotopic (exact) mass is 406 g/mol. The molecule has 158 valence electrons. The van der Waals surface area contributed by atoms with Gasteiger partial charge in [0, 0.05) is 19.6 Å². The minimum absolute atomic E-state index is 0.493. The molecule has 0 saturated carbocycles. The van der Waals surface area contributed by atoms with E-state index in [0.29, 0.717) is 11.8 Å². The molecule has 1 saturated heterocycles. The van der Waals surface area contributed by atoms with Gasteiger partial charge in [-0.05, 0) is 89.9 Å². The number of ether oxygens (including phenoxy) is 2. The van der Waals surface area contributed by atoms with Crippen molar-refractivity contribution < 1.29 is 9.47 Å². The molecule has 1 rings (SSSR count). The largest absolute Gasteiger partial charge is 0.467 e. The summed E-state index contributed by atoms with van der Waals surface area (Å²) in [6, 6.07) is 0. The van der Waals surface area contributed by atoms with Crippen molar-refractivity contribution in [1.29, 1.82) is 0 Å². The zero-order chi connectivity index (χ0) is 20.6. The van der Waals surface area contributed by atoms with Gasteiger partial charge >= 0.3 is 0 Å². The maximum Gasteiger partial charge on any atom is 0.256 e. The highest BCUT2D eigenvalue weighted by Gasteiger charge is 2.09. The van der Waals surface area contributed by atoms with Crippen molar-refractivity contribution in [2.75, 3.05) is 46.0 Å². The first-order valence-corrected chi connectivity index (χ1v) is 10.8. The Morgan fingerprint density at radius 1 is 1.14 bits per heavy atom. The van der Waals surface area contributed by atoms with Crippen molar-refractivity contribution in [3.8, 4) is 0 Å². The van der Waals surface area contributed by atoms with Crippen molar-refractivity contribution in [1.82, 2.24) is 10.2 Å².